The van der Waals surface area contributed by atoms with Crippen molar-refractivity contribution in [2.24, 2.45) is 0 Å². The van der Waals surface area contributed by atoms with Crippen LogP contribution < -0.4 is 0 Å². The molecule has 0 aliphatic carbocycles. The molecule has 2 aromatic carbocycles. The molecule has 2 aromatic rings. The second-order valence-electron chi connectivity index (χ2n) is 6.38. The highest BCUT2D eigenvalue weighted by atomic mass is 16.2. The van der Waals surface area contributed by atoms with Crippen molar-refractivity contribution in [3.05, 3.63) is 71.3 Å². The molecular weight excluding hydrogens is 284 g/mol. The van der Waals surface area contributed by atoms with E-state index in [1.54, 1.807) is 0 Å². The van der Waals surface area contributed by atoms with Gasteiger partial charge in [0, 0.05) is 30.8 Å². The molecule has 2 aliphatic rings. The molecule has 0 bridgehead atoms. The van der Waals surface area contributed by atoms with Crippen molar-refractivity contribution < 1.29 is 4.79 Å². The Hall–Kier alpha value is -2.13. The fourth-order valence-corrected chi connectivity index (χ4v) is 4.31. The van der Waals surface area contributed by atoms with Crippen molar-refractivity contribution in [1.29, 1.82) is 0 Å². The molecule has 0 aromatic heterocycles. The van der Waals surface area contributed by atoms with Gasteiger partial charge in [-0.3, -0.25) is 9.69 Å². The minimum atomic E-state index is -0.427. The number of nitrogens with zero attached hydrogens (tertiary/aromatic N) is 2. The van der Waals surface area contributed by atoms with Gasteiger partial charge in [0.05, 0.1) is 0 Å². The minimum absolute atomic E-state index is 0.172. The predicted octanol–water partition coefficient (Wildman–Crippen LogP) is 3.46. The summed E-state index contributed by atoms with van der Waals surface area (Å²) in [6.07, 6.45) is 2.12. The summed E-state index contributed by atoms with van der Waals surface area (Å²) >= 11 is 0. The quantitative estimate of drug-likeness (QED) is 0.867. The summed E-state index contributed by atoms with van der Waals surface area (Å²) in [6.45, 7) is 5.05. The van der Waals surface area contributed by atoms with E-state index in [2.05, 4.69) is 53.1 Å². The fourth-order valence-electron chi connectivity index (χ4n) is 4.31. The molecule has 1 unspecified atom stereocenters. The van der Waals surface area contributed by atoms with Crippen LogP contribution in [-0.2, 0) is 5.66 Å². The molecule has 1 atom stereocenters. The molecule has 0 radical (unpaired) electrons. The number of benzene rings is 2. The second-order valence-corrected chi connectivity index (χ2v) is 6.38. The van der Waals surface area contributed by atoms with Crippen molar-refractivity contribution in [1.82, 2.24) is 9.80 Å². The number of hydrogen-bond donors (Lipinski definition) is 0. The molecule has 23 heavy (non-hydrogen) atoms. The summed E-state index contributed by atoms with van der Waals surface area (Å²) in [5, 5.41) is 0. The van der Waals surface area contributed by atoms with Crippen molar-refractivity contribution in [3.63, 3.8) is 0 Å². The molecule has 3 heteroatoms. The first-order chi connectivity index (χ1) is 11.3. The molecular formula is C20H22N2O. The Bertz CT molecular complexity index is 725. The summed E-state index contributed by atoms with van der Waals surface area (Å²) in [6, 6.07) is 18.7. The summed E-state index contributed by atoms with van der Waals surface area (Å²) in [5.41, 5.74) is 2.78. The third kappa shape index (κ3) is 1.89. The van der Waals surface area contributed by atoms with E-state index in [9.17, 15) is 4.79 Å². The molecule has 1 fully saturated rings. The number of fused-ring (bicyclic) bond motifs is 3. The van der Waals surface area contributed by atoms with E-state index < -0.39 is 5.66 Å². The topological polar surface area (TPSA) is 23.6 Å². The first kappa shape index (κ1) is 14.5. The third-order valence-corrected chi connectivity index (χ3v) is 5.11. The summed E-state index contributed by atoms with van der Waals surface area (Å²) in [5.74, 6) is 0.172. The van der Waals surface area contributed by atoms with Gasteiger partial charge < -0.3 is 4.90 Å². The summed E-state index contributed by atoms with van der Waals surface area (Å²) in [4.78, 5) is 17.6. The van der Waals surface area contributed by atoms with Gasteiger partial charge in [0.15, 0.2) is 0 Å². The zero-order chi connectivity index (χ0) is 15.9. The lowest BCUT2D eigenvalue weighted by molar-refractivity contribution is -0.0381. The van der Waals surface area contributed by atoms with E-state index in [1.807, 2.05) is 18.2 Å². The van der Waals surface area contributed by atoms with Gasteiger partial charge in [-0.2, -0.15) is 0 Å². The van der Waals surface area contributed by atoms with E-state index in [1.165, 1.54) is 5.56 Å². The van der Waals surface area contributed by atoms with E-state index >= 15 is 0 Å². The van der Waals surface area contributed by atoms with Gasteiger partial charge in [-0.05, 0) is 24.5 Å². The zero-order valence-corrected chi connectivity index (χ0v) is 13.5. The number of rotatable bonds is 3. The predicted molar refractivity (Wildman–Crippen MR) is 91.2 cm³/mol. The Kier molecular flexibility index (Phi) is 3.46. The smallest absolute Gasteiger partial charge is 0.256 e. The van der Waals surface area contributed by atoms with Gasteiger partial charge >= 0.3 is 0 Å². The Labute approximate surface area is 137 Å². The van der Waals surface area contributed by atoms with Crippen LogP contribution in [0.5, 0.6) is 0 Å². The monoisotopic (exact) mass is 306 g/mol. The van der Waals surface area contributed by atoms with Gasteiger partial charge in [0.2, 0.25) is 0 Å². The normalized spacial score (nSPS) is 23.7. The molecule has 0 spiro atoms. The van der Waals surface area contributed by atoms with Crippen molar-refractivity contribution in [3.8, 4) is 0 Å². The molecule has 118 valence electrons. The largest absolute Gasteiger partial charge is 0.312 e. The Morgan fingerprint density at radius 2 is 1.74 bits per heavy atom. The van der Waals surface area contributed by atoms with E-state index in [4.69, 9.17) is 0 Å². The van der Waals surface area contributed by atoms with Gasteiger partial charge in [0.1, 0.15) is 5.66 Å². The first-order valence-corrected chi connectivity index (χ1v) is 8.52. The fraction of sp³-hybridized carbons (Fsp3) is 0.350. The maximum Gasteiger partial charge on any atom is 0.256 e. The van der Waals surface area contributed by atoms with E-state index in [0.717, 1.165) is 43.6 Å². The summed E-state index contributed by atoms with van der Waals surface area (Å²) < 4.78 is 0. The van der Waals surface area contributed by atoms with Gasteiger partial charge in [-0.1, -0.05) is 55.5 Å². The number of carbonyl (C=O) groups excluding carboxylic acids is 1. The Morgan fingerprint density at radius 1 is 1.00 bits per heavy atom. The maximum absolute atomic E-state index is 13.1. The van der Waals surface area contributed by atoms with Gasteiger partial charge in [0.25, 0.3) is 5.91 Å². The van der Waals surface area contributed by atoms with Gasteiger partial charge in [-0.25, -0.2) is 0 Å². The maximum atomic E-state index is 13.1. The van der Waals surface area contributed by atoms with Crippen LogP contribution in [-0.4, -0.2) is 35.3 Å². The van der Waals surface area contributed by atoms with E-state index in [0.29, 0.717) is 0 Å². The first-order valence-electron chi connectivity index (χ1n) is 8.52. The van der Waals surface area contributed by atoms with Crippen molar-refractivity contribution in [2.45, 2.75) is 25.4 Å². The van der Waals surface area contributed by atoms with Crippen LogP contribution >= 0.6 is 0 Å². The van der Waals surface area contributed by atoms with Crippen LogP contribution in [0, 0.1) is 0 Å². The lowest BCUT2D eigenvalue weighted by Gasteiger charge is -2.51. The molecule has 0 N–H and O–H groups in total. The average molecular weight is 306 g/mol. The van der Waals surface area contributed by atoms with Crippen LogP contribution in [0.1, 0.15) is 41.3 Å². The standard InChI is InChI=1S/C20H22N2O/c1-2-13-21-14-8-15-22-19(23)17-11-6-7-12-18(17)20(21,22)16-9-4-3-5-10-16/h3-7,9-12H,2,8,13-15H2,1H3. The Balaban J connectivity index is 2.01. The van der Waals surface area contributed by atoms with Crippen LogP contribution in [0.4, 0.5) is 0 Å². The zero-order valence-electron chi connectivity index (χ0n) is 13.5. The average Bonchev–Trinajstić information content (AvgIpc) is 2.88. The van der Waals surface area contributed by atoms with Crippen molar-refractivity contribution >= 4 is 5.91 Å². The van der Waals surface area contributed by atoms with Crippen LogP contribution in [0.2, 0.25) is 0 Å². The second kappa shape index (κ2) is 5.50. The molecule has 4 rings (SSSR count). The highest BCUT2D eigenvalue weighted by Gasteiger charge is 2.55. The molecule has 3 nitrogen and oxygen atoms in total. The SMILES string of the molecule is CCCN1CCCN2C(=O)c3ccccc3C12c1ccccc1. The van der Waals surface area contributed by atoms with Crippen LogP contribution in [0.3, 0.4) is 0 Å². The van der Waals surface area contributed by atoms with Gasteiger partial charge in [-0.15, -0.1) is 0 Å². The van der Waals surface area contributed by atoms with Crippen LogP contribution in [0.25, 0.3) is 0 Å². The third-order valence-electron chi connectivity index (χ3n) is 5.11. The molecule has 1 amide bonds. The lowest BCUT2D eigenvalue weighted by Crippen LogP contribution is -2.61. The Morgan fingerprint density at radius 3 is 2.52 bits per heavy atom. The summed E-state index contributed by atoms with van der Waals surface area (Å²) in [7, 11) is 0. The molecule has 2 aliphatic heterocycles. The van der Waals surface area contributed by atoms with E-state index in [-0.39, 0.29) is 5.91 Å². The highest BCUT2D eigenvalue weighted by molar-refractivity contribution is 6.00. The highest BCUT2D eigenvalue weighted by Crippen LogP contribution is 2.48. The molecule has 1 saturated heterocycles. The van der Waals surface area contributed by atoms with Crippen LogP contribution in [0.15, 0.2) is 54.6 Å². The number of amides is 1. The molecule has 2 heterocycles. The minimum Gasteiger partial charge on any atom is -0.312 e. The van der Waals surface area contributed by atoms with Crippen molar-refractivity contribution in [2.75, 3.05) is 19.6 Å². The number of carbonyl (C=O) groups is 1. The molecule has 0 saturated carbocycles. The number of hydrogen-bond acceptors (Lipinski definition) is 2. The lowest BCUT2D eigenvalue weighted by atomic mass is 9.87.